The van der Waals surface area contributed by atoms with Crippen LogP contribution in [-0.2, 0) is 26.0 Å². The number of carbonyl (C=O) groups excluding carboxylic acids is 1. The molecule has 3 atom stereocenters. The summed E-state index contributed by atoms with van der Waals surface area (Å²) in [6.07, 6.45) is -1.48. The third-order valence-corrected chi connectivity index (χ3v) is 7.81. The van der Waals surface area contributed by atoms with Gasteiger partial charge in [-0.2, -0.15) is 4.31 Å². The molecule has 0 bridgehead atoms. The summed E-state index contributed by atoms with van der Waals surface area (Å²) in [6, 6.07) is 14.9. The summed E-state index contributed by atoms with van der Waals surface area (Å²) in [4.78, 5) is 13.0. The highest BCUT2D eigenvalue weighted by molar-refractivity contribution is 7.89. The number of hydrogen-bond donors (Lipinski definition) is 3. The van der Waals surface area contributed by atoms with E-state index >= 15 is 0 Å². The van der Waals surface area contributed by atoms with Gasteiger partial charge in [0.15, 0.2) is 0 Å². The predicted molar refractivity (Wildman–Crippen MR) is 137 cm³/mol. The van der Waals surface area contributed by atoms with E-state index < -0.39 is 28.3 Å². The largest absolute Gasteiger partial charge is 0.497 e. The molecule has 3 rings (SSSR count). The highest BCUT2D eigenvalue weighted by Crippen LogP contribution is 2.22. The van der Waals surface area contributed by atoms with Gasteiger partial charge in [0.2, 0.25) is 10.0 Å². The lowest BCUT2D eigenvalue weighted by molar-refractivity contribution is -0.135. The average Bonchev–Trinajstić information content (AvgIpc) is 2.88. The Morgan fingerprint density at radius 2 is 1.86 bits per heavy atom. The van der Waals surface area contributed by atoms with Crippen molar-refractivity contribution in [1.29, 1.82) is 0 Å². The van der Waals surface area contributed by atoms with Crippen LogP contribution in [0.5, 0.6) is 5.75 Å². The lowest BCUT2D eigenvalue weighted by atomic mass is 10.0. The quantitative estimate of drug-likeness (QED) is 0.388. The van der Waals surface area contributed by atoms with Crippen LogP contribution in [0.3, 0.4) is 0 Å². The van der Waals surface area contributed by atoms with Gasteiger partial charge in [0.25, 0.3) is 5.91 Å². The molecule has 0 aromatic heterocycles. The van der Waals surface area contributed by atoms with Crippen LogP contribution in [0, 0.1) is 5.92 Å². The Morgan fingerprint density at radius 3 is 2.44 bits per heavy atom. The van der Waals surface area contributed by atoms with Crippen molar-refractivity contribution in [2.75, 3.05) is 39.9 Å². The highest BCUT2D eigenvalue weighted by Gasteiger charge is 2.33. The molecule has 0 spiro atoms. The molecule has 1 amide bonds. The first kappa shape index (κ1) is 28.1. The van der Waals surface area contributed by atoms with Gasteiger partial charge in [0, 0.05) is 26.2 Å². The Labute approximate surface area is 213 Å². The maximum Gasteiger partial charge on any atom is 0.250 e. The summed E-state index contributed by atoms with van der Waals surface area (Å²) in [5.41, 5.74) is 0.915. The third kappa shape index (κ3) is 7.75. The lowest BCUT2D eigenvalue weighted by Crippen LogP contribution is -2.55. The summed E-state index contributed by atoms with van der Waals surface area (Å²) in [5.74, 6) is 0.235. The molecular weight excluding hydrogens is 482 g/mol. The summed E-state index contributed by atoms with van der Waals surface area (Å²) in [6.45, 7) is 5.35. The van der Waals surface area contributed by atoms with E-state index in [2.05, 4.69) is 10.6 Å². The fourth-order valence-corrected chi connectivity index (χ4v) is 5.69. The normalized spacial score (nSPS) is 18.1. The number of carbonyl (C=O) groups is 1. The molecule has 36 heavy (non-hydrogen) atoms. The second-order valence-electron chi connectivity index (χ2n) is 9.33. The van der Waals surface area contributed by atoms with Gasteiger partial charge in [-0.25, -0.2) is 8.42 Å². The number of sulfonamides is 1. The number of hydrogen-bond acceptors (Lipinski definition) is 7. The van der Waals surface area contributed by atoms with E-state index in [1.165, 1.54) is 23.5 Å². The van der Waals surface area contributed by atoms with Crippen molar-refractivity contribution in [3.63, 3.8) is 0 Å². The number of nitrogens with one attached hydrogen (secondary N) is 2. The second-order valence-corrected chi connectivity index (χ2v) is 11.3. The number of benzene rings is 2. The molecule has 10 heteroatoms. The molecule has 9 nitrogen and oxygen atoms in total. The van der Waals surface area contributed by atoms with Gasteiger partial charge in [-0.05, 0) is 42.2 Å². The van der Waals surface area contributed by atoms with E-state index in [9.17, 15) is 18.3 Å². The minimum absolute atomic E-state index is 0.0223. The molecule has 1 fully saturated rings. The van der Waals surface area contributed by atoms with Crippen LogP contribution in [0.25, 0.3) is 0 Å². The van der Waals surface area contributed by atoms with Crippen molar-refractivity contribution in [3.05, 3.63) is 60.2 Å². The minimum atomic E-state index is -3.90. The summed E-state index contributed by atoms with van der Waals surface area (Å²) >= 11 is 0. The molecular formula is C26H37N3O6S. The second kappa shape index (κ2) is 13.2. The smallest absolute Gasteiger partial charge is 0.250 e. The third-order valence-electron chi connectivity index (χ3n) is 5.97. The molecule has 0 unspecified atom stereocenters. The molecule has 198 valence electrons. The Balaban J connectivity index is 1.83. The fraction of sp³-hybridized carbons (Fsp3) is 0.500. The number of methoxy groups -OCH3 is 1. The van der Waals surface area contributed by atoms with Gasteiger partial charge in [0.1, 0.15) is 11.9 Å². The van der Waals surface area contributed by atoms with Crippen LogP contribution >= 0.6 is 0 Å². The number of nitrogens with zero attached hydrogens (tertiary/aromatic N) is 1. The van der Waals surface area contributed by atoms with Gasteiger partial charge >= 0.3 is 0 Å². The van der Waals surface area contributed by atoms with Crippen LogP contribution in [0.4, 0.5) is 0 Å². The first-order chi connectivity index (χ1) is 17.2. The average molecular weight is 520 g/mol. The fourth-order valence-electron chi connectivity index (χ4n) is 4.07. The van der Waals surface area contributed by atoms with Crippen molar-refractivity contribution >= 4 is 15.9 Å². The molecule has 2 aromatic carbocycles. The molecule has 3 N–H and O–H groups in total. The molecule has 1 aliphatic rings. The summed E-state index contributed by atoms with van der Waals surface area (Å²) in [5, 5.41) is 17.3. The van der Waals surface area contributed by atoms with Gasteiger partial charge in [-0.1, -0.05) is 44.2 Å². The van der Waals surface area contributed by atoms with Crippen LogP contribution in [0.2, 0.25) is 0 Å². The van der Waals surface area contributed by atoms with E-state index in [1.54, 1.807) is 12.1 Å². The Bertz CT molecular complexity index is 1060. The van der Waals surface area contributed by atoms with E-state index in [4.69, 9.17) is 9.47 Å². The van der Waals surface area contributed by atoms with Crippen molar-refractivity contribution in [1.82, 2.24) is 14.9 Å². The molecule has 1 heterocycles. The van der Waals surface area contributed by atoms with E-state index in [1.807, 2.05) is 44.2 Å². The zero-order valence-electron chi connectivity index (χ0n) is 21.1. The first-order valence-electron chi connectivity index (χ1n) is 12.2. The van der Waals surface area contributed by atoms with Crippen molar-refractivity contribution in [2.24, 2.45) is 5.92 Å². The Hall–Kier alpha value is -2.50. The Morgan fingerprint density at radius 1 is 1.17 bits per heavy atom. The minimum Gasteiger partial charge on any atom is -0.497 e. The van der Waals surface area contributed by atoms with E-state index in [0.29, 0.717) is 31.9 Å². The number of morpholine rings is 1. The van der Waals surface area contributed by atoms with Crippen LogP contribution in [-0.4, -0.2) is 81.9 Å². The first-order valence-corrected chi connectivity index (χ1v) is 13.6. The van der Waals surface area contributed by atoms with E-state index in [-0.39, 0.29) is 29.8 Å². The van der Waals surface area contributed by atoms with Crippen LogP contribution in [0.1, 0.15) is 19.4 Å². The molecule has 1 saturated heterocycles. The standard InChI is InChI=1S/C26H37N3O6S/c1-19(2)17-29(36(32,33)22-11-9-21(34-3)10-12-22)18-24(30)23(15-20-7-5-4-6-8-20)28-26(31)25-16-27-13-14-35-25/h4-12,19,23-25,27,30H,13-18H2,1-3H3,(H,28,31)/t23-,24+,25+/m0/s1. The number of aliphatic hydroxyl groups excluding tert-OH is 1. The molecule has 0 radical (unpaired) electrons. The molecule has 0 saturated carbocycles. The monoisotopic (exact) mass is 519 g/mol. The van der Waals surface area contributed by atoms with Crippen LogP contribution in [0.15, 0.2) is 59.5 Å². The van der Waals surface area contributed by atoms with Gasteiger partial charge in [-0.3, -0.25) is 4.79 Å². The number of rotatable bonds is 12. The maximum absolute atomic E-state index is 13.5. The molecule has 0 aliphatic carbocycles. The van der Waals surface area contributed by atoms with Gasteiger partial charge < -0.3 is 25.2 Å². The van der Waals surface area contributed by atoms with Gasteiger partial charge in [0.05, 0.1) is 30.8 Å². The van der Waals surface area contributed by atoms with Crippen molar-refractivity contribution in [2.45, 2.75) is 43.4 Å². The van der Waals surface area contributed by atoms with Crippen molar-refractivity contribution < 1.29 is 27.8 Å². The molecule has 2 aromatic rings. The number of amides is 1. The summed E-state index contributed by atoms with van der Waals surface area (Å²) in [7, 11) is -2.39. The van der Waals surface area contributed by atoms with Crippen molar-refractivity contribution in [3.8, 4) is 5.75 Å². The summed E-state index contributed by atoms with van der Waals surface area (Å²) < 4.78 is 39.0. The molecule has 1 aliphatic heterocycles. The zero-order valence-corrected chi connectivity index (χ0v) is 21.9. The maximum atomic E-state index is 13.5. The Kier molecular flexibility index (Phi) is 10.3. The number of aliphatic hydroxyl groups is 1. The van der Waals surface area contributed by atoms with E-state index in [0.717, 1.165) is 5.56 Å². The van der Waals surface area contributed by atoms with Crippen LogP contribution < -0.4 is 15.4 Å². The van der Waals surface area contributed by atoms with Gasteiger partial charge in [-0.15, -0.1) is 0 Å². The SMILES string of the molecule is COc1ccc(S(=O)(=O)N(CC(C)C)C[C@@H](O)[C@H](Cc2ccccc2)NC(=O)[C@H]2CNCCO2)cc1. The topological polar surface area (TPSA) is 117 Å². The predicted octanol–water partition coefficient (Wildman–Crippen LogP) is 1.42. The number of ether oxygens (including phenoxy) is 2. The lowest BCUT2D eigenvalue weighted by Gasteiger charge is -2.32. The zero-order chi connectivity index (χ0) is 26.1. The highest BCUT2D eigenvalue weighted by atomic mass is 32.2.